The maximum atomic E-state index is 6.28. The second-order valence-corrected chi connectivity index (χ2v) is 6.08. The van der Waals surface area contributed by atoms with Crippen LogP contribution in [0.3, 0.4) is 0 Å². The number of halogens is 2. The van der Waals surface area contributed by atoms with Crippen molar-refractivity contribution in [3.05, 3.63) is 55.1 Å². The van der Waals surface area contributed by atoms with E-state index in [0.717, 1.165) is 15.6 Å². The van der Waals surface area contributed by atoms with Gasteiger partial charge in [-0.2, -0.15) is 0 Å². The molecule has 0 bridgehead atoms. The zero-order valence-electron chi connectivity index (χ0n) is 9.21. The Bertz CT molecular complexity index is 527. The van der Waals surface area contributed by atoms with Gasteiger partial charge in [-0.1, -0.05) is 23.7 Å². The van der Waals surface area contributed by atoms with Crippen LogP contribution in [0.1, 0.15) is 22.0 Å². The molecule has 0 fully saturated rings. The topological polar surface area (TPSA) is 38.0 Å². The molecule has 2 aromatic rings. The molecule has 1 aromatic carbocycles. The van der Waals surface area contributed by atoms with E-state index >= 15 is 0 Å². The second-order valence-electron chi connectivity index (χ2n) is 3.73. The molecule has 1 aromatic heterocycles. The highest BCUT2D eigenvalue weighted by Gasteiger charge is 2.17. The van der Waals surface area contributed by atoms with E-state index in [1.54, 1.807) is 11.3 Å². The summed E-state index contributed by atoms with van der Waals surface area (Å²) in [7, 11) is 0. The molecule has 2 rings (SSSR count). The standard InChI is InChI=1S/C12H12BrClN2S/c1-7-5-8(6-17-7)12(16-15)9-3-2-4-10(13)11(9)14/h2-6,12,16H,15H2,1H3. The lowest BCUT2D eigenvalue weighted by molar-refractivity contribution is 0.638. The van der Waals surface area contributed by atoms with Crippen molar-refractivity contribution in [2.24, 2.45) is 5.84 Å². The SMILES string of the molecule is Cc1cc(C(NN)c2cccc(Br)c2Cl)cs1. The maximum Gasteiger partial charge on any atom is 0.0733 e. The van der Waals surface area contributed by atoms with Gasteiger partial charge < -0.3 is 0 Å². The van der Waals surface area contributed by atoms with Crippen LogP contribution in [0.4, 0.5) is 0 Å². The Kier molecular flexibility index (Phi) is 4.22. The van der Waals surface area contributed by atoms with Gasteiger partial charge in [-0.05, 0) is 51.5 Å². The average molecular weight is 332 g/mol. The minimum atomic E-state index is -0.0788. The smallest absolute Gasteiger partial charge is 0.0733 e. The number of aryl methyl sites for hydroxylation is 1. The molecule has 0 radical (unpaired) electrons. The summed E-state index contributed by atoms with van der Waals surface area (Å²) in [6, 6.07) is 7.88. The minimum absolute atomic E-state index is 0.0788. The fourth-order valence-electron chi connectivity index (χ4n) is 1.72. The van der Waals surface area contributed by atoms with Crippen LogP contribution < -0.4 is 11.3 Å². The van der Waals surface area contributed by atoms with Crippen molar-refractivity contribution in [2.75, 3.05) is 0 Å². The summed E-state index contributed by atoms with van der Waals surface area (Å²) in [6.07, 6.45) is 0. The number of thiophene rings is 1. The highest BCUT2D eigenvalue weighted by molar-refractivity contribution is 9.10. The highest BCUT2D eigenvalue weighted by atomic mass is 79.9. The number of hydrogen-bond acceptors (Lipinski definition) is 3. The molecule has 1 heterocycles. The summed E-state index contributed by atoms with van der Waals surface area (Å²) in [5, 5.41) is 2.79. The molecule has 0 saturated carbocycles. The van der Waals surface area contributed by atoms with Crippen molar-refractivity contribution < 1.29 is 0 Å². The van der Waals surface area contributed by atoms with Crippen molar-refractivity contribution in [1.82, 2.24) is 5.43 Å². The van der Waals surface area contributed by atoms with Crippen LogP contribution in [-0.2, 0) is 0 Å². The summed E-state index contributed by atoms with van der Waals surface area (Å²) in [5.41, 5.74) is 4.93. The van der Waals surface area contributed by atoms with Crippen LogP contribution >= 0.6 is 38.9 Å². The van der Waals surface area contributed by atoms with Gasteiger partial charge in [0.15, 0.2) is 0 Å². The van der Waals surface area contributed by atoms with Crippen molar-refractivity contribution in [3.63, 3.8) is 0 Å². The van der Waals surface area contributed by atoms with E-state index in [4.69, 9.17) is 17.4 Å². The van der Waals surface area contributed by atoms with Gasteiger partial charge in [-0.25, -0.2) is 5.43 Å². The van der Waals surface area contributed by atoms with Crippen LogP contribution in [0.15, 0.2) is 34.1 Å². The zero-order chi connectivity index (χ0) is 12.4. The number of hydrogen-bond donors (Lipinski definition) is 2. The molecule has 0 aliphatic rings. The molecule has 1 atom stereocenters. The first-order chi connectivity index (χ1) is 8.13. The van der Waals surface area contributed by atoms with Crippen molar-refractivity contribution in [3.8, 4) is 0 Å². The molecule has 2 nitrogen and oxygen atoms in total. The summed E-state index contributed by atoms with van der Waals surface area (Å²) in [4.78, 5) is 1.26. The highest BCUT2D eigenvalue weighted by Crippen LogP contribution is 2.34. The third-order valence-electron chi connectivity index (χ3n) is 2.54. The quantitative estimate of drug-likeness (QED) is 0.658. The van der Waals surface area contributed by atoms with E-state index in [9.17, 15) is 0 Å². The van der Waals surface area contributed by atoms with Crippen molar-refractivity contribution in [1.29, 1.82) is 0 Å². The number of rotatable bonds is 3. The molecule has 0 aliphatic heterocycles. The van der Waals surface area contributed by atoms with Gasteiger partial charge in [0.1, 0.15) is 0 Å². The molecule has 1 unspecified atom stereocenters. The van der Waals surface area contributed by atoms with Crippen LogP contribution in [0.2, 0.25) is 5.02 Å². The first-order valence-corrected chi connectivity index (χ1v) is 7.13. The lowest BCUT2D eigenvalue weighted by Crippen LogP contribution is -2.28. The average Bonchev–Trinajstić information content (AvgIpc) is 2.72. The van der Waals surface area contributed by atoms with Crippen LogP contribution in [-0.4, -0.2) is 0 Å². The van der Waals surface area contributed by atoms with E-state index < -0.39 is 0 Å². The van der Waals surface area contributed by atoms with Gasteiger partial charge >= 0.3 is 0 Å². The third-order valence-corrected chi connectivity index (χ3v) is 4.73. The summed E-state index contributed by atoms with van der Waals surface area (Å²) in [5.74, 6) is 5.65. The van der Waals surface area contributed by atoms with E-state index in [1.165, 1.54) is 4.88 Å². The number of nitrogens with two attached hydrogens (primary N) is 1. The summed E-state index contributed by atoms with van der Waals surface area (Å²) in [6.45, 7) is 2.07. The molecule has 0 amide bonds. The Morgan fingerprint density at radius 1 is 1.47 bits per heavy atom. The lowest BCUT2D eigenvalue weighted by atomic mass is 10.0. The fraction of sp³-hybridized carbons (Fsp3) is 0.167. The molecular weight excluding hydrogens is 320 g/mol. The second kappa shape index (κ2) is 5.50. The first-order valence-electron chi connectivity index (χ1n) is 5.08. The predicted molar refractivity (Wildman–Crippen MR) is 77.4 cm³/mol. The van der Waals surface area contributed by atoms with Gasteiger partial charge in [0.2, 0.25) is 0 Å². The maximum absolute atomic E-state index is 6.28. The van der Waals surface area contributed by atoms with Gasteiger partial charge in [-0.15, -0.1) is 11.3 Å². The molecule has 5 heteroatoms. The first kappa shape index (κ1) is 13.1. The van der Waals surface area contributed by atoms with Crippen LogP contribution in [0, 0.1) is 6.92 Å². The van der Waals surface area contributed by atoms with Crippen LogP contribution in [0.5, 0.6) is 0 Å². The molecular formula is C12H12BrClN2S. The Balaban J connectivity index is 2.45. The fourth-order valence-corrected chi connectivity index (χ4v) is 3.07. The van der Waals surface area contributed by atoms with Gasteiger partial charge in [0, 0.05) is 9.35 Å². The number of benzene rings is 1. The molecule has 0 aliphatic carbocycles. The van der Waals surface area contributed by atoms with E-state index in [0.29, 0.717) is 5.02 Å². The van der Waals surface area contributed by atoms with Gasteiger partial charge in [0.05, 0.1) is 11.1 Å². The molecule has 90 valence electrons. The molecule has 17 heavy (non-hydrogen) atoms. The minimum Gasteiger partial charge on any atom is -0.271 e. The molecule has 0 saturated heterocycles. The molecule has 3 N–H and O–H groups in total. The predicted octanol–water partition coefficient (Wildman–Crippen LogP) is 4.03. The van der Waals surface area contributed by atoms with Crippen LogP contribution in [0.25, 0.3) is 0 Å². The lowest BCUT2D eigenvalue weighted by Gasteiger charge is -2.17. The number of nitrogens with one attached hydrogen (secondary N) is 1. The number of hydrazine groups is 1. The molecule has 0 spiro atoms. The Labute approximate surface area is 118 Å². The Morgan fingerprint density at radius 3 is 2.82 bits per heavy atom. The van der Waals surface area contributed by atoms with Gasteiger partial charge in [-0.3, -0.25) is 5.84 Å². The van der Waals surface area contributed by atoms with Crippen molar-refractivity contribution in [2.45, 2.75) is 13.0 Å². The third kappa shape index (κ3) is 2.72. The largest absolute Gasteiger partial charge is 0.271 e. The Morgan fingerprint density at radius 2 is 2.24 bits per heavy atom. The summed E-state index contributed by atoms with van der Waals surface area (Å²) >= 11 is 11.4. The van der Waals surface area contributed by atoms with Crippen molar-refractivity contribution >= 4 is 38.9 Å². The van der Waals surface area contributed by atoms with E-state index in [-0.39, 0.29) is 6.04 Å². The zero-order valence-corrected chi connectivity index (χ0v) is 12.4. The van der Waals surface area contributed by atoms with E-state index in [1.807, 2.05) is 18.2 Å². The Hall–Kier alpha value is -0.390. The summed E-state index contributed by atoms with van der Waals surface area (Å²) < 4.78 is 0.879. The monoisotopic (exact) mass is 330 g/mol. The van der Waals surface area contributed by atoms with Gasteiger partial charge in [0.25, 0.3) is 0 Å². The van der Waals surface area contributed by atoms with E-state index in [2.05, 4.69) is 39.7 Å². The normalized spacial score (nSPS) is 12.7.